The van der Waals surface area contributed by atoms with Gasteiger partial charge in [0.05, 0.1) is 12.3 Å². The van der Waals surface area contributed by atoms with Crippen LogP contribution in [0.3, 0.4) is 0 Å². The van der Waals surface area contributed by atoms with E-state index in [4.69, 9.17) is 10.2 Å². The Balaban J connectivity index is 1.64. The molecule has 3 rings (SSSR count). The molecule has 0 aromatic carbocycles. The Kier molecular flexibility index (Phi) is 3.60. The van der Waals surface area contributed by atoms with Crippen LogP contribution in [0.5, 0.6) is 0 Å². The van der Waals surface area contributed by atoms with Gasteiger partial charge >= 0.3 is 0 Å². The summed E-state index contributed by atoms with van der Waals surface area (Å²) in [7, 11) is 0. The summed E-state index contributed by atoms with van der Waals surface area (Å²) in [4.78, 5) is 12.3. The van der Waals surface area contributed by atoms with Gasteiger partial charge in [0.1, 0.15) is 5.76 Å². The van der Waals surface area contributed by atoms with Gasteiger partial charge in [-0.2, -0.15) is 0 Å². The number of carbonyl (C=O) groups excluding carboxylic acids is 1. The third kappa shape index (κ3) is 2.68. The summed E-state index contributed by atoms with van der Waals surface area (Å²) in [5.74, 6) is 1.31. The summed E-state index contributed by atoms with van der Waals surface area (Å²) < 4.78 is 5.46. The van der Waals surface area contributed by atoms with Gasteiger partial charge in [0.2, 0.25) is 5.91 Å². The quantitative estimate of drug-likeness (QED) is 0.859. The maximum atomic E-state index is 12.3. The van der Waals surface area contributed by atoms with E-state index >= 15 is 0 Å². The molecule has 104 valence electrons. The van der Waals surface area contributed by atoms with Crippen LogP contribution in [0.1, 0.15) is 55.9 Å². The largest absolute Gasteiger partial charge is 0.469 e. The fraction of sp³-hybridized carbons (Fsp3) is 0.667. The van der Waals surface area contributed by atoms with Crippen molar-refractivity contribution in [1.29, 1.82) is 0 Å². The molecule has 1 aromatic rings. The molecular weight excluding hydrogens is 240 g/mol. The number of fused-ring (bicyclic) bond motifs is 1. The number of carbonyl (C=O) groups is 1. The van der Waals surface area contributed by atoms with E-state index in [-0.39, 0.29) is 23.9 Å². The normalized spacial score (nSPS) is 30.7. The van der Waals surface area contributed by atoms with E-state index in [0.717, 1.165) is 50.7 Å². The van der Waals surface area contributed by atoms with Crippen molar-refractivity contribution in [1.82, 2.24) is 5.32 Å². The van der Waals surface area contributed by atoms with Crippen molar-refractivity contribution in [2.45, 2.75) is 57.0 Å². The van der Waals surface area contributed by atoms with Crippen molar-refractivity contribution in [3.05, 3.63) is 23.7 Å². The first-order valence-electron chi connectivity index (χ1n) is 7.36. The van der Waals surface area contributed by atoms with Crippen molar-refractivity contribution < 1.29 is 9.21 Å². The van der Waals surface area contributed by atoms with Crippen LogP contribution in [0.2, 0.25) is 0 Å². The van der Waals surface area contributed by atoms with Crippen molar-refractivity contribution in [2.24, 2.45) is 11.7 Å². The van der Waals surface area contributed by atoms with Crippen LogP contribution in [-0.2, 0) is 11.2 Å². The number of amides is 1. The second-order valence-corrected chi connectivity index (χ2v) is 5.88. The molecule has 4 heteroatoms. The summed E-state index contributed by atoms with van der Waals surface area (Å²) in [6.07, 6.45) is 8.74. The SMILES string of the molecule is NC1CCCC(C(=O)NC2CCCc3occc32)C1. The summed E-state index contributed by atoms with van der Waals surface area (Å²) in [6.45, 7) is 0. The lowest BCUT2D eigenvalue weighted by Gasteiger charge is -2.29. The lowest BCUT2D eigenvalue weighted by atomic mass is 9.85. The van der Waals surface area contributed by atoms with Gasteiger partial charge in [-0.15, -0.1) is 0 Å². The van der Waals surface area contributed by atoms with Gasteiger partial charge in [0.25, 0.3) is 0 Å². The van der Waals surface area contributed by atoms with Crippen LogP contribution < -0.4 is 11.1 Å². The van der Waals surface area contributed by atoms with Crippen molar-refractivity contribution in [3.8, 4) is 0 Å². The highest BCUT2D eigenvalue weighted by Gasteiger charge is 2.29. The Bertz CT molecular complexity index is 455. The third-order valence-corrected chi connectivity index (χ3v) is 4.45. The maximum absolute atomic E-state index is 12.3. The zero-order chi connectivity index (χ0) is 13.2. The number of nitrogens with one attached hydrogen (secondary N) is 1. The van der Waals surface area contributed by atoms with E-state index in [1.165, 1.54) is 5.56 Å². The molecule has 19 heavy (non-hydrogen) atoms. The van der Waals surface area contributed by atoms with Crippen LogP contribution >= 0.6 is 0 Å². The smallest absolute Gasteiger partial charge is 0.223 e. The van der Waals surface area contributed by atoms with E-state index in [2.05, 4.69) is 5.32 Å². The van der Waals surface area contributed by atoms with Gasteiger partial charge in [0.15, 0.2) is 0 Å². The van der Waals surface area contributed by atoms with Crippen molar-refractivity contribution in [3.63, 3.8) is 0 Å². The summed E-state index contributed by atoms with van der Waals surface area (Å²) >= 11 is 0. The van der Waals surface area contributed by atoms with Gasteiger partial charge in [-0.3, -0.25) is 4.79 Å². The van der Waals surface area contributed by atoms with Gasteiger partial charge in [-0.25, -0.2) is 0 Å². The van der Waals surface area contributed by atoms with Gasteiger partial charge in [0, 0.05) is 23.9 Å². The summed E-state index contributed by atoms with van der Waals surface area (Å²) in [6, 6.07) is 2.32. The minimum Gasteiger partial charge on any atom is -0.469 e. The second-order valence-electron chi connectivity index (χ2n) is 5.88. The zero-order valence-corrected chi connectivity index (χ0v) is 11.2. The molecule has 1 amide bonds. The Hall–Kier alpha value is -1.29. The average Bonchev–Trinajstić information content (AvgIpc) is 2.88. The highest BCUT2D eigenvalue weighted by molar-refractivity contribution is 5.79. The second kappa shape index (κ2) is 5.37. The standard InChI is InChI=1S/C15H22N2O2/c16-11-4-1-3-10(9-11)15(18)17-13-5-2-6-14-12(13)7-8-19-14/h7-8,10-11,13H,1-6,9,16H2,(H,17,18). The first kappa shape index (κ1) is 12.7. The molecule has 1 aromatic heterocycles. The minimum absolute atomic E-state index is 0.0982. The first-order valence-corrected chi connectivity index (χ1v) is 7.36. The number of hydrogen-bond donors (Lipinski definition) is 2. The molecule has 3 N–H and O–H groups in total. The molecule has 1 heterocycles. The number of hydrogen-bond acceptors (Lipinski definition) is 3. The minimum atomic E-state index is 0.0982. The lowest BCUT2D eigenvalue weighted by molar-refractivity contribution is -0.127. The Morgan fingerprint density at radius 1 is 1.32 bits per heavy atom. The monoisotopic (exact) mass is 262 g/mol. The number of rotatable bonds is 2. The van der Waals surface area contributed by atoms with E-state index < -0.39 is 0 Å². The van der Waals surface area contributed by atoms with Crippen LogP contribution in [0, 0.1) is 5.92 Å². The van der Waals surface area contributed by atoms with Gasteiger partial charge < -0.3 is 15.5 Å². The van der Waals surface area contributed by atoms with E-state index in [0.29, 0.717) is 0 Å². The van der Waals surface area contributed by atoms with E-state index in [1.54, 1.807) is 6.26 Å². The predicted molar refractivity (Wildman–Crippen MR) is 72.5 cm³/mol. The van der Waals surface area contributed by atoms with Gasteiger partial charge in [-0.05, 0) is 38.2 Å². The molecule has 0 saturated heterocycles. The van der Waals surface area contributed by atoms with Crippen molar-refractivity contribution in [2.75, 3.05) is 0 Å². The van der Waals surface area contributed by atoms with Crippen LogP contribution in [0.25, 0.3) is 0 Å². The number of furan rings is 1. The van der Waals surface area contributed by atoms with Gasteiger partial charge in [-0.1, -0.05) is 6.42 Å². The van der Waals surface area contributed by atoms with Crippen LogP contribution in [0.15, 0.2) is 16.7 Å². The molecule has 3 unspecified atom stereocenters. The molecule has 0 radical (unpaired) electrons. The molecule has 1 saturated carbocycles. The molecule has 1 fully saturated rings. The third-order valence-electron chi connectivity index (χ3n) is 4.45. The maximum Gasteiger partial charge on any atom is 0.223 e. The van der Waals surface area contributed by atoms with Crippen LogP contribution in [0.4, 0.5) is 0 Å². The Morgan fingerprint density at radius 2 is 2.21 bits per heavy atom. The lowest BCUT2D eigenvalue weighted by Crippen LogP contribution is -2.39. The molecule has 4 nitrogen and oxygen atoms in total. The predicted octanol–water partition coefficient (Wildman–Crippen LogP) is 2.29. The topological polar surface area (TPSA) is 68.3 Å². The highest BCUT2D eigenvalue weighted by atomic mass is 16.3. The van der Waals surface area contributed by atoms with E-state index in [9.17, 15) is 4.79 Å². The molecule has 2 aliphatic carbocycles. The molecule has 0 bridgehead atoms. The summed E-state index contributed by atoms with van der Waals surface area (Å²) in [5.41, 5.74) is 7.13. The van der Waals surface area contributed by atoms with Crippen molar-refractivity contribution >= 4 is 5.91 Å². The Labute approximate surface area is 113 Å². The molecule has 0 aliphatic heterocycles. The molecule has 2 aliphatic rings. The summed E-state index contributed by atoms with van der Waals surface area (Å²) in [5, 5.41) is 3.20. The van der Waals surface area contributed by atoms with Crippen LogP contribution in [-0.4, -0.2) is 11.9 Å². The fourth-order valence-electron chi connectivity index (χ4n) is 3.39. The fourth-order valence-corrected chi connectivity index (χ4v) is 3.39. The highest BCUT2D eigenvalue weighted by Crippen LogP contribution is 2.31. The molecular formula is C15H22N2O2. The average molecular weight is 262 g/mol. The number of nitrogens with two attached hydrogens (primary N) is 1. The van der Waals surface area contributed by atoms with E-state index in [1.807, 2.05) is 6.07 Å². The Morgan fingerprint density at radius 3 is 3.05 bits per heavy atom. The molecule has 0 spiro atoms. The zero-order valence-electron chi connectivity index (χ0n) is 11.2. The first-order chi connectivity index (χ1) is 9.24. The molecule has 3 atom stereocenters. The number of aryl methyl sites for hydroxylation is 1.